The zero-order valence-corrected chi connectivity index (χ0v) is 10.7. The molecule has 0 aromatic rings. The van der Waals surface area contributed by atoms with E-state index in [2.05, 4.69) is 0 Å². The van der Waals surface area contributed by atoms with E-state index in [-0.39, 0.29) is 24.5 Å². The van der Waals surface area contributed by atoms with Crippen molar-refractivity contribution in [3.63, 3.8) is 0 Å². The molecule has 1 amide bonds. The summed E-state index contributed by atoms with van der Waals surface area (Å²) in [6.45, 7) is 4.89. The number of rotatable bonds is 4. The molecule has 0 saturated carbocycles. The molecule has 18 heavy (non-hydrogen) atoms. The molecule has 2 saturated heterocycles. The fourth-order valence-electron chi connectivity index (χ4n) is 2.49. The molecule has 1 N–H and O–H groups in total. The van der Waals surface area contributed by atoms with Crippen LogP contribution in [0.4, 0.5) is 0 Å². The lowest BCUT2D eigenvalue weighted by molar-refractivity contribution is -0.175. The van der Waals surface area contributed by atoms with E-state index in [0.717, 1.165) is 6.42 Å². The van der Waals surface area contributed by atoms with Crippen molar-refractivity contribution in [3.05, 3.63) is 0 Å². The predicted molar refractivity (Wildman–Crippen MR) is 62.1 cm³/mol. The third-order valence-electron chi connectivity index (χ3n) is 3.45. The number of carbonyl (C=O) groups excluding carboxylic acids is 1. The van der Waals surface area contributed by atoms with Crippen LogP contribution in [0.25, 0.3) is 0 Å². The molecule has 0 aromatic carbocycles. The Morgan fingerprint density at radius 3 is 2.67 bits per heavy atom. The summed E-state index contributed by atoms with van der Waals surface area (Å²) >= 11 is 0. The largest absolute Gasteiger partial charge is 0.480 e. The molecule has 2 heterocycles. The second-order valence-corrected chi connectivity index (χ2v) is 5.40. The molecule has 0 aromatic heterocycles. The van der Waals surface area contributed by atoms with Crippen molar-refractivity contribution in [2.24, 2.45) is 5.92 Å². The fraction of sp³-hybridized carbons (Fsp3) is 0.833. The smallest absolute Gasteiger partial charge is 0.329 e. The molecule has 102 valence electrons. The van der Waals surface area contributed by atoms with Gasteiger partial charge >= 0.3 is 5.97 Å². The van der Waals surface area contributed by atoms with Crippen LogP contribution in [0.3, 0.4) is 0 Å². The number of carboxylic acids is 1. The number of nitrogens with zero attached hydrogens (tertiary/aromatic N) is 1. The maximum Gasteiger partial charge on any atom is 0.329 e. The van der Waals surface area contributed by atoms with Crippen molar-refractivity contribution < 1.29 is 24.2 Å². The summed E-state index contributed by atoms with van der Waals surface area (Å²) in [7, 11) is 0. The van der Waals surface area contributed by atoms with Gasteiger partial charge in [-0.1, -0.05) is 0 Å². The molecule has 2 aliphatic heterocycles. The highest BCUT2D eigenvalue weighted by atomic mass is 16.5. The predicted octanol–water partition coefficient (Wildman–Crippen LogP) is 0.114. The number of ether oxygens (including phenoxy) is 2. The first-order chi connectivity index (χ1) is 8.39. The second kappa shape index (κ2) is 4.85. The molecule has 2 aliphatic rings. The summed E-state index contributed by atoms with van der Waals surface area (Å²) in [5, 5.41) is 8.55. The average Bonchev–Trinajstić information content (AvgIpc) is 2.68. The zero-order valence-electron chi connectivity index (χ0n) is 10.7. The minimum absolute atomic E-state index is 0.0518. The maximum absolute atomic E-state index is 12.1. The van der Waals surface area contributed by atoms with Crippen LogP contribution in [0.1, 0.15) is 20.3 Å². The highest BCUT2D eigenvalue weighted by Crippen LogP contribution is 2.29. The van der Waals surface area contributed by atoms with Gasteiger partial charge in [0.25, 0.3) is 0 Å². The van der Waals surface area contributed by atoms with E-state index >= 15 is 0 Å². The number of carbonyl (C=O) groups is 2. The molecule has 6 heteroatoms. The van der Waals surface area contributed by atoms with Gasteiger partial charge in [0.2, 0.25) is 5.91 Å². The standard InChI is InChI=1S/C12H19NO5/c1-8-3-9(4-17-8)11(16)13-6-12(2,7-13)18-5-10(14)15/h8-9H,3-7H2,1-2H3,(H,14,15). The molecule has 2 atom stereocenters. The molecular weight excluding hydrogens is 238 g/mol. The van der Waals surface area contributed by atoms with Crippen molar-refractivity contribution >= 4 is 11.9 Å². The molecule has 2 rings (SSSR count). The highest BCUT2D eigenvalue weighted by molar-refractivity contribution is 5.80. The van der Waals surface area contributed by atoms with E-state index in [9.17, 15) is 9.59 Å². The lowest BCUT2D eigenvalue weighted by Crippen LogP contribution is -2.64. The van der Waals surface area contributed by atoms with Gasteiger partial charge in [-0.05, 0) is 20.3 Å². The minimum Gasteiger partial charge on any atom is -0.480 e. The Morgan fingerprint density at radius 2 is 2.17 bits per heavy atom. The van der Waals surface area contributed by atoms with E-state index < -0.39 is 11.6 Å². The van der Waals surface area contributed by atoms with Gasteiger partial charge in [0, 0.05) is 0 Å². The van der Waals surface area contributed by atoms with Crippen molar-refractivity contribution in [1.82, 2.24) is 4.90 Å². The number of amides is 1. The fourth-order valence-corrected chi connectivity index (χ4v) is 2.49. The van der Waals surface area contributed by atoms with Gasteiger partial charge in [-0.15, -0.1) is 0 Å². The lowest BCUT2D eigenvalue weighted by Gasteiger charge is -2.48. The van der Waals surface area contributed by atoms with Gasteiger partial charge < -0.3 is 19.5 Å². The second-order valence-electron chi connectivity index (χ2n) is 5.40. The number of hydrogen-bond donors (Lipinski definition) is 1. The third kappa shape index (κ3) is 2.81. The monoisotopic (exact) mass is 257 g/mol. The van der Waals surface area contributed by atoms with Crippen LogP contribution < -0.4 is 0 Å². The number of hydrogen-bond acceptors (Lipinski definition) is 4. The SMILES string of the molecule is CC1CC(C(=O)N2CC(C)(OCC(=O)O)C2)CO1. The van der Waals surface area contributed by atoms with Gasteiger partial charge in [0.15, 0.2) is 0 Å². The topological polar surface area (TPSA) is 76.1 Å². The van der Waals surface area contributed by atoms with Crippen LogP contribution in [0.5, 0.6) is 0 Å². The third-order valence-corrected chi connectivity index (χ3v) is 3.45. The van der Waals surface area contributed by atoms with Crippen LogP contribution in [0.2, 0.25) is 0 Å². The van der Waals surface area contributed by atoms with Crippen LogP contribution in [-0.2, 0) is 19.1 Å². The van der Waals surface area contributed by atoms with Gasteiger partial charge in [0.05, 0.1) is 31.7 Å². The summed E-state index contributed by atoms with van der Waals surface area (Å²) in [5.74, 6) is -0.946. The Hall–Kier alpha value is -1.14. The van der Waals surface area contributed by atoms with Crippen LogP contribution in [0, 0.1) is 5.92 Å². The first kappa shape index (κ1) is 13.3. The summed E-state index contributed by atoms with van der Waals surface area (Å²) in [6, 6.07) is 0. The molecule has 6 nitrogen and oxygen atoms in total. The van der Waals surface area contributed by atoms with Gasteiger partial charge in [-0.3, -0.25) is 4.79 Å². The van der Waals surface area contributed by atoms with E-state index in [4.69, 9.17) is 14.6 Å². The van der Waals surface area contributed by atoms with Crippen LogP contribution in [0.15, 0.2) is 0 Å². The molecule has 0 radical (unpaired) electrons. The van der Waals surface area contributed by atoms with E-state index in [0.29, 0.717) is 19.7 Å². The van der Waals surface area contributed by atoms with Crippen LogP contribution >= 0.6 is 0 Å². The maximum atomic E-state index is 12.1. The minimum atomic E-state index is -0.987. The highest BCUT2D eigenvalue weighted by Gasteiger charge is 2.45. The Bertz CT molecular complexity index is 350. The van der Waals surface area contributed by atoms with Crippen molar-refractivity contribution in [2.45, 2.75) is 32.0 Å². The Balaban J connectivity index is 1.77. The van der Waals surface area contributed by atoms with Crippen molar-refractivity contribution in [3.8, 4) is 0 Å². The lowest BCUT2D eigenvalue weighted by atomic mass is 9.93. The summed E-state index contributed by atoms with van der Waals surface area (Å²) in [5.41, 5.74) is -0.515. The molecule has 2 unspecified atom stereocenters. The summed E-state index contributed by atoms with van der Waals surface area (Å²) in [4.78, 5) is 24.2. The van der Waals surface area contributed by atoms with Gasteiger partial charge in [-0.2, -0.15) is 0 Å². The van der Waals surface area contributed by atoms with Gasteiger partial charge in [-0.25, -0.2) is 4.79 Å². The Kier molecular flexibility index (Phi) is 3.59. The van der Waals surface area contributed by atoms with Gasteiger partial charge in [0.1, 0.15) is 12.2 Å². The van der Waals surface area contributed by atoms with E-state index in [1.54, 1.807) is 4.90 Å². The molecule has 0 bridgehead atoms. The molecular formula is C12H19NO5. The quantitative estimate of drug-likeness (QED) is 0.773. The number of aliphatic carboxylic acids is 1. The molecule has 0 aliphatic carbocycles. The van der Waals surface area contributed by atoms with Crippen LogP contribution in [-0.4, -0.2) is 59.9 Å². The summed E-state index contributed by atoms with van der Waals surface area (Å²) < 4.78 is 10.6. The van der Waals surface area contributed by atoms with Crippen molar-refractivity contribution in [1.29, 1.82) is 0 Å². The van der Waals surface area contributed by atoms with E-state index in [1.807, 2.05) is 13.8 Å². The molecule has 0 spiro atoms. The first-order valence-corrected chi connectivity index (χ1v) is 6.16. The number of carboxylic acid groups (broad SMARTS) is 1. The molecule has 2 fully saturated rings. The summed E-state index contributed by atoms with van der Waals surface area (Å²) in [6.07, 6.45) is 0.914. The Morgan fingerprint density at radius 1 is 1.50 bits per heavy atom. The number of likely N-dealkylation sites (tertiary alicyclic amines) is 1. The Labute approximate surface area is 106 Å². The zero-order chi connectivity index (χ0) is 13.3. The average molecular weight is 257 g/mol. The van der Waals surface area contributed by atoms with E-state index in [1.165, 1.54) is 0 Å². The normalized spacial score (nSPS) is 30.0. The first-order valence-electron chi connectivity index (χ1n) is 6.16. The van der Waals surface area contributed by atoms with Crippen molar-refractivity contribution in [2.75, 3.05) is 26.3 Å².